The van der Waals surface area contributed by atoms with Crippen LogP contribution < -0.4 is 15.0 Å². The van der Waals surface area contributed by atoms with Crippen LogP contribution in [0, 0.1) is 0 Å². The molecule has 1 heterocycles. The molecule has 33 heavy (non-hydrogen) atoms. The van der Waals surface area contributed by atoms with Crippen molar-refractivity contribution in [3.63, 3.8) is 0 Å². The summed E-state index contributed by atoms with van der Waals surface area (Å²) >= 11 is 6.85. The summed E-state index contributed by atoms with van der Waals surface area (Å²) < 4.78 is 12.8. The van der Waals surface area contributed by atoms with Crippen LogP contribution in [-0.4, -0.2) is 31.1 Å². The van der Waals surface area contributed by atoms with Crippen molar-refractivity contribution in [2.45, 2.75) is 13.8 Å². The fourth-order valence-corrected chi connectivity index (χ4v) is 5.05. The van der Waals surface area contributed by atoms with E-state index in [-0.39, 0.29) is 5.91 Å². The molecule has 0 spiro atoms. The third-order valence-corrected chi connectivity index (χ3v) is 6.39. The fraction of sp³-hybridized carbons (Fsp3) is 0.200. The summed E-state index contributed by atoms with van der Waals surface area (Å²) in [5, 5.41) is 2.91. The summed E-state index contributed by atoms with van der Waals surface area (Å²) in [7, 11) is 1.53. The van der Waals surface area contributed by atoms with Gasteiger partial charge in [0.1, 0.15) is 11.3 Å². The third-order valence-electron chi connectivity index (χ3n) is 5.35. The van der Waals surface area contributed by atoms with Crippen molar-refractivity contribution in [1.29, 1.82) is 0 Å². The van der Waals surface area contributed by atoms with Crippen molar-refractivity contribution >= 4 is 60.2 Å². The van der Waals surface area contributed by atoms with E-state index in [0.717, 1.165) is 23.1 Å². The molecule has 8 heteroatoms. The number of rotatable bonds is 7. The SMILES string of the molecule is CCN(CC)c1ccc(-c2nc3cc(NC(=O)c4cc(Br)cc(Br)c4OC)ccc3o2)cc1. The average Bonchev–Trinajstić information content (AvgIpc) is 3.23. The number of anilines is 2. The molecule has 0 fully saturated rings. The summed E-state index contributed by atoms with van der Waals surface area (Å²) in [6.07, 6.45) is 0. The summed E-state index contributed by atoms with van der Waals surface area (Å²) in [5.41, 5.74) is 4.41. The molecular weight excluding hydrogens is 550 g/mol. The van der Waals surface area contributed by atoms with E-state index in [4.69, 9.17) is 9.15 Å². The molecule has 0 saturated heterocycles. The molecule has 0 aliphatic rings. The van der Waals surface area contributed by atoms with E-state index in [1.54, 1.807) is 24.3 Å². The van der Waals surface area contributed by atoms with E-state index >= 15 is 0 Å². The molecule has 1 aromatic heterocycles. The molecule has 0 aliphatic carbocycles. The van der Waals surface area contributed by atoms with Crippen LogP contribution in [0.1, 0.15) is 24.2 Å². The fourth-order valence-electron chi connectivity index (χ4n) is 3.67. The lowest BCUT2D eigenvalue weighted by Gasteiger charge is -2.20. The Morgan fingerprint density at radius 2 is 1.79 bits per heavy atom. The zero-order valence-electron chi connectivity index (χ0n) is 18.5. The molecule has 3 aromatic carbocycles. The summed E-state index contributed by atoms with van der Waals surface area (Å²) in [5.74, 6) is 0.717. The molecule has 4 aromatic rings. The van der Waals surface area contributed by atoms with Crippen LogP contribution in [0.2, 0.25) is 0 Å². The minimum absolute atomic E-state index is 0.288. The van der Waals surface area contributed by atoms with Crippen LogP contribution in [0.25, 0.3) is 22.6 Å². The highest BCUT2D eigenvalue weighted by molar-refractivity contribution is 9.11. The number of carbonyl (C=O) groups is 1. The molecule has 0 radical (unpaired) electrons. The highest BCUT2D eigenvalue weighted by atomic mass is 79.9. The van der Waals surface area contributed by atoms with Crippen LogP contribution in [0.3, 0.4) is 0 Å². The lowest BCUT2D eigenvalue weighted by atomic mass is 10.1. The van der Waals surface area contributed by atoms with Gasteiger partial charge in [-0.05, 0) is 84.4 Å². The van der Waals surface area contributed by atoms with Crippen molar-refractivity contribution < 1.29 is 13.9 Å². The molecule has 1 amide bonds. The summed E-state index contributed by atoms with van der Waals surface area (Å²) in [4.78, 5) is 19.8. The Morgan fingerprint density at radius 1 is 1.06 bits per heavy atom. The van der Waals surface area contributed by atoms with E-state index in [2.05, 4.69) is 73.0 Å². The monoisotopic (exact) mass is 571 g/mol. The number of aromatic nitrogens is 1. The second kappa shape index (κ2) is 9.97. The Bertz CT molecular complexity index is 1300. The first-order valence-corrected chi connectivity index (χ1v) is 12.1. The number of nitrogens with one attached hydrogen (secondary N) is 1. The Balaban J connectivity index is 1.58. The first kappa shape index (κ1) is 23.3. The maximum absolute atomic E-state index is 12.9. The van der Waals surface area contributed by atoms with Crippen molar-refractivity contribution in [3.8, 4) is 17.2 Å². The molecule has 0 aliphatic heterocycles. The molecule has 4 rings (SSSR count). The first-order valence-electron chi connectivity index (χ1n) is 10.5. The predicted octanol–water partition coefficient (Wildman–Crippen LogP) is 7.13. The van der Waals surface area contributed by atoms with E-state index < -0.39 is 0 Å². The topological polar surface area (TPSA) is 67.6 Å². The maximum Gasteiger partial charge on any atom is 0.259 e. The van der Waals surface area contributed by atoms with Gasteiger partial charge in [-0.25, -0.2) is 4.98 Å². The zero-order valence-corrected chi connectivity index (χ0v) is 21.7. The number of halogens is 2. The third kappa shape index (κ3) is 4.91. The van der Waals surface area contributed by atoms with Gasteiger partial charge in [-0.1, -0.05) is 15.9 Å². The Labute approximate surface area is 209 Å². The zero-order chi connectivity index (χ0) is 23.5. The number of amides is 1. The Morgan fingerprint density at radius 3 is 2.45 bits per heavy atom. The van der Waals surface area contributed by atoms with E-state index in [1.807, 2.05) is 18.2 Å². The Hall–Kier alpha value is -2.84. The lowest BCUT2D eigenvalue weighted by Crippen LogP contribution is -2.21. The number of hydrogen-bond donors (Lipinski definition) is 1. The van der Waals surface area contributed by atoms with Gasteiger partial charge in [-0.2, -0.15) is 0 Å². The van der Waals surface area contributed by atoms with Gasteiger partial charge in [-0.15, -0.1) is 0 Å². The number of methoxy groups -OCH3 is 1. The van der Waals surface area contributed by atoms with Crippen molar-refractivity contribution in [2.75, 3.05) is 30.4 Å². The van der Waals surface area contributed by atoms with Gasteiger partial charge in [0.15, 0.2) is 5.58 Å². The highest BCUT2D eigenvalue weighted by Crippen LogP contribution is 2.33. The Kier molecular flexibility index (Phi) is 7.05. The molecule has 170 valence electrons. The van der Waals surface area contributed by atoms with Gasteiger partial charge in [-0.3, -0.25) is 4.79 Å². The number of oxazole rings is 1. The summed E-state index contributed by atoms with van der Waals surface area (Å²) in [6, 6.07) is 17.1. The molecule has 0 atom stereocenters. The van der Waals surface area contributed by atoms with Gasteiger partial charge in [0.25, 0.3) is 5.91 Å². The number of nitrogens with zero attached hydrogens (tertiary/aromatic N) is 2. The number of benzene rings is 3. The van der Waals surface area contributed by atoms with E-state index in [1.165, 1.54) is 12.8 Å². The number of ether oxygens (including phenoxy) is 1. The van der Waals surface area contributed by atoms with Crippen LogP contribution in [0.5, 0.6) is 5.75 Å². The van der Waals surface area contributed by atoms with Crippen molar-refractivity contribution in [1.82, 2.24) is 4.98 Å². The van der Waals surface area contributed by atoms with E-state index in [9.17, 15) is 4.79 Å². The van der Waals surface area contributed by atoms with Crippen LogP contribution in [0.4, 0.5) is 11.4 Å². The number of fused-ring (bicyclic) bond motifs is 1. The predicted molar refractivity (Wildman–Crippen MR) is 139 cm³/mol. The highest BCUT2D eigenvalue weighted by Gasteiger charge is 2.17. The first-order chi connectivity index (χ1) is 15.9. The number of carbonyl (C=O) groups excluding carboxylic acids is 1. The molecule has 0 unspecified atom stereocenters. The quantitative estimate of drug-likeness (QED) is 0.255. The van der Waals surface area contributed by atoms with Crippen molar-refractivity contribution in [3.05, 3.63) is 69.1 Å². The smallest absolute Gasteiger partial charge is 0.259 e. The standard InChI is InChI=1S/C25H23Br2N3O3/c1-4-30(5-2)18-9-6-15(7-10-18)25-29-21-14-17(8-11-22(21)33-25)28-24(31)19-12-16(26)13-20(27)23(19)32-3/h6-14H,4-5H2,1-3H3,(H,28,31). The van der Waals surface area contributed by atoms with Gasteiger partial charge in [0, 0.05) is 34.5 Å². The average molecular weight is 573 g/mol. The summed E-state index contributed by atoms with van der Waals surface area (Å²) in [6.45, 7) is 6.19. The lowest BCUT2D eigenvalue weighted by molar-refractivity contribution is 0.102. The van der Waals surface area contributed by atoms with Crippen molar-refractivity contribution in [2.24, 2.45) is 0 Å². The van der Waals surface area contributed by atoms with Crippen LogP contribution in [0.15, 0.2) is 68.0 Å². The molecule has 1 N–H and O–H groups in total. The molecular formula is C25H23Br2N3O3. The van der Waals surface area contributed by atoms with Gasteiger partial charge >= 0.3 is 0 Å². The molecule has 0 saturated carbocycles. The number of hydrogen-bond acceptors (Lipinski definition) is 5. The minimum Gasteiger partial charge on any atom is -0.495 e. The van der Waals surface area contributed by atoms with Gasteiger partial charge < -0.3 is 19.4 Å². The van der Waals surface area contributed by atoms with E-state index in [0.29, 0.717) is 38.5 Å². The van der Waals surface area contributed by atoms with Gasteiger partial charge in [0.05, 0.1) is 17.1 Å². The minimum atomic E-state index is -0.288. The molecule has 6 nitrogen and oxygen atoms in total. The van der Waals surface area contributed by atoms with Crippen LogP contribution >= 0.6 is 31.9 Å². The normalized spacial score (nSPS) is 10.9. The largest absolute Gasteiger partial charge is 0.495 e. The maximum atomic E-state index is 12.9. The van der Waals surface area contributed by atoms with Crippen LogP contribution in [-0.2, 0) is 0 Å². The van der Waals surface area contributed by atoms with Gasteiger partial charge in [0.2, 0.25) is 5.89 Å². The second-order valence-corrected chi connectivity index (χ2v) is 9.11. The molecule has 0 bridgehead atoms. The second-order valence-electron chi connectivity index (χ2n) is 7.34.